The number of urea groups is 1. The summed E-state index contributed by atoms with van der Waals surface area (Å²) in [7, 11) is -5.51. The molecule has 0 aliphatic rings. The van der Waals surface area contributed by atoms with E-state index in [2.05, 4.69) is 50.1 Å². The Morgan fingerprint density at radius 3 is 2.04 bits per heavy atom. The molecule has 0 radical (unpaired) electrons. The number of sulfonamides is 1. The summed E-state index contributed by atoms with van der Waals surface area (Å²) in [4.78, 5) is 73.4. The minimum atomic E-state index is -4.45. The standard InChI is InChI=1S/C15H14Cl2N2O3.C15H16F3N5O4S.C8H6Cl2O3.C3H8NO5P.C3H9S/c1-5-6-21-12-8-11(9(16)7-10(12)17)19-14(20)22-13(18-19)15(2,3)4;1-9-19-12(22-14(20-9)27-2)21-13(24)23-28(25,26)11-6-4-3-5-10(11)7-8-15(16,17)18;1-13-7-5(10)3-2-4(9)6(7)8(11)12;5-3(6)1-4-2-10(7,8)9;1-4(2)3/h1,7-8H,6H2,2-4H3;3-6H,7-8H2,1-2H3,(H2,19,20,21,22,23,24);2-3H,1H3,(H,11,12);4H,1-2H2,(H,5,6)(H2,7,8,9);1-3H3/q;;;;+1/p-1. The highest BCUT2D eigenvalue weighted by Gasteiger charge is 2.29. The normalized spacial score (nSPS) is 11.7. The average Bonchev–Trinajstić information content (AvgIpc) is 3.69. The number of aromatic carboxylic acids is 1. The molecule has 0 fully saturated rings. The van der Waals surface area contributed by atoms with Crippen LogP contribution in [-0.4, -0.2) is 125 Å². The van der Waals surface area contributed by atoms with Crippen LogP contribution in [0.3, 0.4) is 0 Å². The largest absolute Gasteiger partial charge is 0.778 e. The number of nitrogens with one attached hydrogen (secondary N) is 3. The highest BCUT2D eigenvalue weighted by Crippen LogP contribution is 2.35. The van der Waals surface area contributed by atoms with E-state index in [-0.39, 0.29) is 61.4 Å². The van der Waals surface area contributed by atoms with Gasteiger partial charge >= 0.3 is 35.9 Å². The predicted molar refractivity (Wildman–Crippen MR) is 282 cm³/mol. The summed E-state index contributed by atoms with van der Waals surface area (Å²) in [5, 5.41) is 25.9. The zero-order valence-corrected chi connectivity index (χ0v) is 47.7. The molecule has 0 spiro atoms. The smallest absolute Gasteiger partial charge is 0.442 e. The maximum absolute atomic E-state index is 12.5. The molecule has 3 aromatic carbocycles. The Balaban J connectivity index is 0.000000535. The average molecular weight is 1230 g/mol. The van der Waals surface area contributed by atoms with Gasteiger partial charge in [0, 0.05) is 17.9 Å². The van der Waals surface area contributed by atoms with Crippen LogP contribution < -0.4 is 40.2 Å². The number of methoxy groups -OCH3 is 2. The van der Waals surface area contributed by atoms with Crippen LogP contribution in [0.5, 0.6) is 17.5 Å². The molecule has 23 nitrogen and oxygen atoms in total. The number of hydrogen-bond acceptors (Lipinski definition) is 17. The molecular weight excluding hydrogens is 1170 g/mol. The fraction of sp³-hybridized carbons (Fsp3) is 0.364. The number of carboxylic acid groups (broad SMARTS) is 2. The molecule has 0 saturated heterocycles. The second-order valence-electron chi connectivity index (χ2n) is 16.1. The zero-order valence-electron chi connectivity index (χ0n) is 42.1. The number of ether oxygens (including phenoxy) is 3. The van der Waals surface area contributed by atoms with Crippen molar-refractivity contribution in [1.82, 2.24) is 34.8 Å². The SMILES string of the molecule is C#CCOc1cc(-n2nc(C(C)(C)C)oc2=O)c(Cl)cc1Cl.COc1c(Cl)ccc(Cl)c1C(=O)O.COc1nc(C)nc(NC(=O)NS(=O)(=O)c2ccccc2CCC(F)(F)F)n1.C[S+](C)C.O=C(O)CNCP(=O)([O-])O. The number of nitrogens with zero attached hydrogens (tertiary/aromatic N) is 5. The molecule has 2 aromatic heterocycles. The lowest BCUT2D eigenvalue weighted by Gasteiger charge is -2.14. The molecule has 1 unspecified atom stereocenters. The second-order valence-corrected chi connectivity index (χ2v) is 23.4. The molecule has 33 heteroatoms. The van der Waals surface area contributed by atoms with Gasteiger partial charge in [-0.25, -0.2) is 27.5 Å². The molecule has 5 rings (SSSR count). The summed E-state index contributed by atoms with van der Waals surface area (Å²) in [6.07, 6.45) is 4.83. The summed E-state index contributed by atoms with van der Waals surface area (Å²) in [6, 6.07) is 9.66. The molecule has 6 N–H and O–H groups in total. The van der Waals surface area contributed by atoms with Crippen molar-refractivity contribution >= 4 is 98.8 Å². The van der Waals surface area contributed by atoms with Crippen LogP contribution in [-0.2, 0) is 42.1 Å². The number of hydrogen-bond donors (Lipinski definition) is 6. The van der Waals surface area contributed by atoms with Gasteiger partial charge in [0.25, 0.3) is 10.0 Å². The lowest BCUT2D eigenvalue weighted by atomic mass is 9.97. The van der Waals surface area contributed by atoms with Gasteiger partial charge in [-0.2, -0.15) is 32.8 Å². The second kappa shape index (κ2) is 31.5. The van der Waals surface area contributed by atoms with E-state index in [1.165, 1.54) is 63.6 Å². The van der Waals surface area contributed by atoms with E-state index >= 15 is 0 Å². The van der Waals surface area contributed by atoms with Crippen molar-refractivity contribution < 1.29 is 79.2 Å². The summed E-state index contributed by atoms with van der Waals surface area (Å²) < 4.78 is 95.1. The van der Waals surface area contributed by atoms with Gasteiger partial charge in [0.05, 0.1) is 76.5 Å². The van der Waals surface area contributed by atoms with Crippen LogP contribution in [0.25, 0.3) is 5.69 Å². The quantitative estimate of drug-likeness (QED) is 0.0349. The fourth-order valence-electron chi connectivity index (χ4n) is 5.04. The molecule has 0 aliphatic heterocycles. The molecule has 424 valence electrons. The van der Waals surface area contributed by atoms with Crippen molar-refractivity contribution in [1.29, 1.82) is 0 Å². The number of rotatable bonds is 15. The number of halogens is 7. The molecule has 2 heterocycles. The minimum Gasteiger partial charge on any atom is -0.778 e. The lowest BCUT2D eigenvalue weighted by molar-refractivity contribution is -0.193. The third-order valence-electron chi connectivity index (χ3n) is 8.10. The number of terminal acetylenes is 1. The predicted octanol–water partition coefficient (Wildman–Crippen LogP) is 6.99. The van der Waals surface area contributed by atoms with Crippen molar-refractivity contribution in [3.05, 3.63) is 102 Å². The van der Waals surface area contributed by atoms with Crippen molar-refractivity contribution in [3.8, 4) is 35.5 Å². The number of carboxylic acids is 2. The topological polar surface area (TPSA) is 337 Å². The van der Waals surface area contributed by atoms with Crippen LogP contribution in [0.4, 0.5) is 23.9 Å². The van der Waals surface area contributed by atoms with Gasteiger partial charge in [0.15, 0.2) is 5.75 Å². The Morgan fingerprint density at radius 2 is 1.55 bits per heavy atom. The molecular formula is C44H52Cl4F3N8O15PS2. The molecule has 2 amide bonds. The first-order valence-corrected chi connectivity index (χ1v) is 28.3. The number of aliphatic carboxylic acids is 1. The number of amides is 2. The summed E-state index contributed by atoms with van der Waals surface area (Å²) in [5.41, 5.74) is -0.289. The first-order valence-electron chi connectivity index (χ1n) is 21.1. The Morgan fingerprint density at radius 1 is 0.948 bits per heavy atom. The van der Waals surface area contributed by atoms with Crippen molar-refractivity contribution in [2.75, 3.05) is 57.7 Å². The van der Waals surface area contributed by atoms with E-state index in [0.717, 1.165) is 10.7 Å². The minimum absolute atomic E-state index is 0.0434. The first-order chi connectivity index (χ1) is 35.5. The number of anilines is 1. The summed E-state index contributed by atoms with van der Waals surface area (Å²) in [5.74, 6) is 0.00488. The number of benzene rings is 3. The molecule has 5 aromatic rings. The Labute approximate surface area is 462 Å². The molecule has 1 atom stereocenters. The number of carbonyl (C=O) groups excluding carboxylic acids is 1. The Hall–Kier alpha value is -5.86. The molecule has 0 saturated carbocycles. The van der Waals surface area contributed by atoms with E-state index in [1.54, 1.807) is 4.72 Å². The van der Waals surface area contributed by atoms with Gasteiger partial charge in [-0.3, -0.25) is 15.4 Å². The highest BCUT2D eigenvalue weighted by molar-refractivity contribution is 7.94. The van der Waals surface area contributed by atoms with Gasteiger partial charge in [0.2, 0.25) is 11.8 Å². The monoisotopic (exact) mass is 1220 g/mol. The van der Waals surface area contributed by atoms with E-state index in [0.29, 0.717) is 28.2 Å². The number of alkyl halides is 3. The maximum Gasteiger partial charge on any atom is 0.442 e. The van der Waals surface area contributed by atoms with Crippen LogP contribution in [0, 0.1) is 19.3 Å². The van der Waals surface area contributed by atoms with Crippen molar-refractivity contribution in [3.63, 3.8) is 0 Å². The van der Waals surface area contributed by atoms with E-state index in [4.69, 9.17) is 86.6 Å². The Bertz CT molecular complexity index is 3080. The number of carbonyl (C=O) groups is 3. The van der Waals surface area contributed by atoms with Gasteiger partial charge in [-0.05, 0) is 54.1 Å². The Kier molecular flexibility index (Phi) is 28.3. The van der Waals surface area contributed by atoms with E-state index < -0.39 is 83.5 Å². The number of aryl methyl sites for hydroxylation is 2. The van der Waals surface area contributed by atoms with Gasteiger partial charge in [-0.15, -0.1) is 11.5 Å². The third kappa shape index (κ3) is 25.9. The zero-order chi connectivity index (χ0) is 59.2. The van der Waals surface area contributed by atoms with E-state index in [1.807, 2.05) is 26.1 Å². The fourth-order valence-corrected chi connectivity index (χ4v) is 7.59. The first kappa shape index (κ1) is 69.2. The summed E-state index contributed by atoms with van der Waals surface area (Å²) >= 11 is 23.5. The van der Waals surface area contributed by atoms with Gasteiger partial charge in [-0.1, -0.05) is 91.3 Å². The molecule has 0 aliphatic carbocycles. The van der Waals surface area contributed by atoms with Gasteiger partial charge < -0.3 is 43.2 Å². The van der Waals surface area contributed by atoms with Crippen molar-refractivity contribution in [2.24, 2.45) is 0 Å². The van der Waals surface area contributed by atoms with Gasteiger partial charge in [0.1, 0.15) is 31.3 Å². The number of aromatic nitrogens is 5. The van der Waals surface area contributed by atoms with Crippen LogP contribution in [0.2, 0.25) is 20.1 Å². The maximum atomic E-state index is 12.5. The van der Waals surface area contributed by atoms with Crippen LogP contribution >= 0.6 is 54.0 Å². The molecule has 0 bridgehead atoms. The summed E-state index contributed by atoms with van der Waals surface area (Å²) in [6.45, 7) is 6.71. The third-order valence-corrected chi connectivity index (χ3v) is 11.4. The highest BCUT2D eigenvalue weighted by atomic mass is 35.5. The van der Waals surface area contributed by atoms with Crippen molar-refractivity contribution in [2.45, 2.75) is 57.0 Å². The lowest BCUT2D eigenvalue weighted by Crippen LogP contribution is -2.35. The van der Waals surface area contributed by atoms with E-state index in [9.17, 15) is 50.2 Å². The van der Waals surface area contributed by atoms with Crippen LogP contribution in [0.1, 0.15) is 54.8 Å². The molecule has 77 heavy (non-hydrogen) atoms. The van der Waals surface area contributed by atoms with Crippen LogP contribution in [0.15, 0.2) is 62.6 Å².